The van der Waals surface area contributed by atoms with Crippen molar-refractivity contribution < 1.29 is 19.4 Å². The highest BCUT2D eigenvalue weighted by molar-refractivity contribution is 5.86. The number of nitrogens with zero attached hydrogens (tertiary/aromatic N) is 3. The molecule has 0 radical (unpaired) electrons. The molecule has 3 rings (SSSR count). The first-order chi connectivity index (χ1) is 10.6. The van der Waals surface area contributed by atoms with Crippen molar-refractivity contribution in [1.29, 1.82) is 0 Å². The highest BCUT2D eigenvalue weighted by atomic mass is 16.5. The van der Waals surface area contributed by atoms with Gasteiger partial charge in [-0.05, 0) is 25.7 Å². The summed E-state index contributed by atoms with van der Waals surface area (Å²) < 4.78 is 6.91. The molecule has 0 bridgehead atoms. The Labute approximate surface area is 127 Å². The van der Waals surface area contributed by atoms with Crippen molar-refractivity contribution in [2.45, 2.75) is 57.2 Å². The van der Waals surface area contributed by atoms with E-state index in [1.807, 2.05) is 0 Å². The van der Waals surface area contributed by atoms with Crippen LogP contribution in [0, 0.1) is 0 Å². The van der Waals surface area contributed by atoms with Gasteiger partial charge in [0.2, 0.25) is 5.91 Å². The van der Waals surface area contributed by atoms with E-state index in [-0.39, 0.29) is 30.3 Å². The van der Waals surface area contributed by atoms with Crippen LogP contribution in [0.1, 0.15) is 60.8 Å². The molecule has 8 heteroatoms. The van der Waals surface area contributed by atoms with Crippen LogP contribution in [0.15, 0.2) is 0 Å². The largest absolute Gasteiger partial charge is 0.476 e. The Morgan fingerprint density at radius 2 is 2.05 bits per heavy atom. The van der Waals surface area contributed by atoms with Crippen molar-refractivity contribution in [1.82, 2.24) is 20.3 Å². The number of carboxylic acid groups (broad SMARTS) is 1. The van der Waals surface area contributed by atoms with E-state index in [0.29, 0.717) is 12.3 Å². The Balaban J connectivity index is 1.74. The third-order valence-corrected chi connectivity index (χ3v) is 4.22. The second kappa shape index (κ2) is 6.43. The number of amides is 1. The van der Waals surface area contributed by atoms with Crippen molar-refractivity contribution in [2.75, 3.05) is 6.61 Å². The molecule has 1 atom stereocenters. The maximum Gasteiger partial charge on any atom is 0.358 e. The van der Waals surface area contributed by atoms with Gasteiger partial charge in [-0.3, -0.25) is 4.79 Å². The second-order valence-corrected chi connectivity index (χ2v) is 5.84. The van der Waals surface area contributed by atoms with Gasteiger partial charge in [0.15, 0.2) is 5.69 Å². The number of aromatic carboxylic acids is 1. The number of ether oxygens (including phenoxy) is 1. The highest BCUT2D eigenvalue weighted by Crippen LogP contribution is 2.30. The first kappa shape index (κ1) is 15.0. The molecule has 2 aliphatic rings. The van der Waals surface area contributed by atoms with E-state index in [1.165, 1.54) is 4.68 Å². The van der Waals surface area contributed by atoms with Crippen LogP contribution in [0.3, 0.4) is 0 Å². The summed E-state index contributed by atoms with van der Waals surface area (Å²) in [5.41, 5.74) is 0.270. The predicted octanol–water partition coefficient (Wildman–Crippen LogP) is 0.887. The Morgan fingerprint density at radius 3 is 2.68 bits per heavy atom. The number of hydrogen-bond donors (Lipinski definition) is 2. The maximum atomic E-state index is 12.1. The molecule has 1 saturated carbocycles. The summed E-state index contributed by atoms with van der Waals surface area (Å²) in [6.45, 7) is 0.565. The lowest BCUT2D eigenvalue weighted by molar-refractivity contribution is -0.122. The number of hydrogen-bond acceptors (Lipinski definition) is 5. The van der Waals surface area contributed by atoms with Gasteiger partial charge >= 0.3 is 5.97 Å². The molecule has 0 spiro atoms. The fraction of sp³-hybridized carbons (Fsp3) is 0.714. The average molecular weight is 308 g/mol. The minimum Gasteiger partial charge on any atom is -0.476 e. The molecule has 1 unspecified atom stereocenters. The summed E-state index contributed by atoms with van der Waals surface area (Å²) in [4.78, 5) is 23.4. The minimum absolute atomic E-state index is 0.0219. The lowest BCUT2D eigenvalue weighted by atomic mass is 10.1. The van der Waals surface area contributed by atoms with Crippen molar-refractivity contribution in [3.05, 3.63) is 11.4 Å². The standard InChI is InChI=1S/C14H20N4O4/c19-11(15-9-4-1-2-5-9)8-18-13(10-6-3-7-22-10)12(14(20)21)16-17-18/h9-10H,1-8H2,(H,15,19)(H,20,21). The minimum atomic E-state index is -1.15. The van der Waals surface area contributed by atoms with E-state index < -0.39 is 5.97 Å². The zero-order valence-electron chi connectivity index (χ0n) is 12.3. The van der Waals surface area contributed by atoms with Crippen LogP contribution in [-0.2, 0) is 16.1 Å². The van der Waals surface area contributed by atoms with Gasteiger partial charge in [0.1, 0.15) is 18.3 Å². The number of nitrogens with one attached hydrogen (secondary N) is 1. The van der Waals surface area contributed by atoms with Crippen LogP contribution in [0.2, 0.25) is 0 Å². The summed E-state index contributed by atoms with van der Waals surface area (Å²) in [5, 5.41) is 19.7. The average Bonchev–Trinajstić information content (AvgIpc) is 3.18. The van der Waals surface area contributed by atoms with E-state index in [1.54, 1.807) is 0 Å². The highest BCUT2D eigenvalue weighted by Gasteiger charge is 2.30. The molecule has 2 heterocycles. The Kier molecular flexibility index (Phi) is 4.37. The molecule has 8 nitrogen and oxygen atoms in total. The van der Waals surface area contributed by atoms with Gasteiger partial charge in [0.05, 0.1) is 0 Å². The van der Waals surface area contributed by atoms with Gasteiger partial charge in [0, 0.05) is 12.6 Å². The van der Waals surface area contributed by atoms with E-state index >= 15 is 0 Å². The monoisotopic (exact) mass is 308 g/mol. The smallest absolute Gasteiger partial charge is 0.358 e. The predicted molar refractivity (Wildman–Crippen MR) is 75.3 cm³/mol. The van der Waals surface area contributed by atoms with Crippen molar-refractivity contribution in [3.63, 3.8) is 0 Å². The maximum absolute atomic E-state index is 12.1. The second-order valence-electron chi connectivity index (χ2n) is 5.84. The van der Waals surface area contributed by atoms with Gasteiger partial charge in [-0.15, -0.1) is 5.10 Å². The lowest BCUT2D eigenvalue weighted by Gasteiger charge is -2.15. The quantitative estimate of drug-likeness (QED) is 0.836. The van der Waals surface area contributed by atoms with Gasteiger partial charge in [0.25, 0.3) is 0 Å². The van der Waals surface area contributed by atoms with Gasteiger partial charge in [-0.2, -0.15) is 0 Å². The van der Waals surface area contributed by atoms with Crippen molar-refractivity contribution >= 4 is 11.9 Å². The van der Waals surface area contributed by atoms with Crippen LogP contribution in [0.25, 0.3) is 0 Å². The molecular weight excluding hydrogens is 288 g/mol. The van der Waals surface area contributed by atoms with Gasteiger partial charge < -0.3 is 15.2 Å². The van der Waals surface area contributed by atoms with Crippen LogP contribution in [0.4, 0.5) is 0 Å². The number of carboxylic acids is 1. The molecular formula is C14H20N4O4. The number of rotatable bonds is 5. The van der Waals surface area contributed by atoms with E-state index in [2.05, 4.69) is 15.6 Å². The normalized spacial score (nSPS) is 22.1. The van der Waals surface area contributed by atoms with E-state index in [0.717, 1.165) is 38.5 Å². The van der Waals surface area contributed by atoms with Crippen LogP contribution < -0.4 is 5.32 Å². The molecule has 2 N–H and O–H groups in total. The fourth-order valence-electron chi connectivity index (χ4n) is 3.18. The zero-order chi connectivity index (χ0) is 15.5. The van der Waals surface area contributed by atoms with Crippen LogP contribution in [-0.4, -0.2) is 44.6 Å². The van der Waals surface area contributed by atoms with E-state index in [9.17, 15) is 14.7 Å². The number of carbonyl (C=O) groups is 2. The number of aromatic nitrogens is 3. The molecule has 120 valence electrons. The molecule has 1 aromatic heterocycles. The molecule has 1 aromatic rings. The summed E-state index contributed by atoms with van der Waals surface area (Å²) in [6, 6.07) is 0.223. The van der Waals surface area contributed by atoms with E-state index in [4.69, 9.17) is 4.74 Å². The first-order valence-corrected chi connectivity index (χ1v) is 7.73. The molecule has 2 fully saturated rings. The van der Waals surface area contributed by atoms with Gasteiger partial charge in [-0.25, -0.2) is 9.48 Å². The van der Waals surface area contributed by atoms with Crippen LogP contribution in [0.5, 0.6) is 0 Å². The molecule has 1 saturated heterocycles. The fourth-order valence-corrected chi connectivity index (χ4v) is 3.18. The topological polar surface area (TPSA) is 106 Å². The first-order valence-electron chi connectivity index (χ1n) is 7.73. The Morgan fingerprint density at radius 1 is 1.27 bits per heavy atom. The summed E-state index contributed by atoms with van der Waals surface area (Å²) in [7, 11) is 0. The third kappa shape index (κ3) is 3.11. The van der Waals surface area contributed by atoms with Crippen molar-refractivity contribution in [2.24, 2.45) is 0 Å². The Bertz CT molecular complexity index is 559. The summed E-state index contributed by atoms with van der Waals surface area (Å²) >= 11 is 0. The molecule has 1 aliphatic carbocycles. The number of carbonyl (C=O) groups excluding carboxylic acids is 1. The SMILES string of the molecule is O=C(Cn1nnc(C(=O)O)c1C1CCCO1)NC1CCCC1. The van der Waals surface area contributed by atoms with Gasteiger partial charge in [-0.1, -0.05) is 18.1 Å². The molecule has 0 aromatic carbocycles. The summed E-state index contributed by atoms with van der Waals surface area (Å²) in [6.07, 6.45) is 5.52. The molecule has 1 amide bonds. The Hall–Kier alpha value is -1.96. The summed E-state index contributed by atoms with van der Waals surface area (Å²) in [5.74, 6) is -1.30. The molecule has 1 aliphatic heterocycles. The molecule has 22 heavy (non-hydrogen) atoms. The zero-order valence-corrected chi connectivity index (χ0v) is 12.3. The third-order valence-electron chi connectivity index (χ3n) is 4.22. The van der Waals surface area contributed by atoms with Crippen LogP contribution >= 0.6 is 0 Å². The van der Waals surface area contributed by atoms with Crippen molar-refractivity contribution in [3.8, 4) is 0 Å². The lowest BCUT2D eigenvalue weighted by Crippen LogP contribution is -2.36.